The summed E-state index contributed by atoms with van der Waals surface area (Å²) in [6.45, 7) is 2.12. The number of likely N-dealkylation sites (tertiary alicyclic amines) is 1. The van der Waals surface area contributed by atoms with Crippen molar-refractivity contribution in [1.82, 2.24) is 9.88 Å². The number of sulfonamides is 2. The Morgan fingerprint density at radius 3 is 2.17 bits per heavy atom. The SMILES string of the molecule is CS(=O)(=O)Nc1ccc(Oc2ccc(CN3CCC(N(C(=O)Nc4ccc(F)c(NS(C)(=O)=O)c4)c4ccccc4)CC3)cn2)cc1. The van der Waals surface area contributed by atoms with Gasteiger partial charge in [0.05, 0.1) is 18.2 Å². The van der Waals surface area contributed by atoms with E-state index in [4.69, 9.17) is 4.74 Å². The van der Waals surface area contributed by atoms with Gasteiger partial charge in [-0.3, -0.25) is 19.2 Å². The van der Waals surface area contributed by atoms with Gasteiger partial charge in [0, 0.05) is 55.0 Å². The molecular weight excluding hydrogens is 648 g/mol. The molecule has 0 bridgehead atoms. The van der Waals surface area contributed by atoms with Crippen LogP contribution in [0.5, 0.6) is 11.6 Å². The lowest BCUT2D eigenvalue weighted by atomic mass is 10.0. The maximum Gasteiger partial charge on any atom is 0.326 e. The molecule has 1 saturated heterocycles. The lowest BCUT2D eigenvalue weighted by Gasteiger charge is -2.38. The Balaban J connectivity index is 1.19. The molecule has 248 valence electrons. The van der Waals surface area contributed by atoms with Gasteiger partial charge in [-0.1, -0.05) is 24.3 Å². The van der Waals surface area contributed by atoms with Crippen molar-refractivity contribution >= 4 is 48.8 Å². The van der Waals surface area contributed by atoms with E-state index >= 15 is 0 Å². The molecule has 3 aromatic carbocycles. The Morgan fingerprint density at radius 1 is 0.894 bits per heavy atom. The molecule has 2 heterocycles. The summed E-state index contributed by atoms with van der Waals surface area (Å²) in [6.07, 6.45) is 5.16. The first-order valence-corrected chi connectivity index (χ1v) is 18.5. The first-order valence-electron chi connectivity index (χ1n) is 14.7. The first-order chi connectivity index (χ1) is 22.3. The van der Waals surface area contributed by atoms with Gasteiger partial charge in [-0.2, -0.15) is 0 Å². The van der Waals surface area contributed by atoms with E-state index in [-0.39, 0.29) is 17.4 Å². The fourth-order valence-corrected chi connectivity index (χ4v) is 6.35. The molecule has 1 aliphatic rings. The number of urea groups is 1. The number of ether oxygens (including phenoxy) is 1. The lowest BCUT2D eigenvalue weighted by molar-refractivity contribution is 0.199. The van der Waals surface area contributed by atoms with Crippen LogP contribution in [0.1, 0.15) is 18.4 Å². The van der Waals surface area contributed by atoms with Crippen molar-refractivity contribution in [3.8, 4) is 11.6 Å². The van der Waals surface area contributed by atoms with E-state index in [1.165, 1.54) is 12.1 Å². The molecule has 0 unspecified atom stereocenters. The van der Waals surface area contributed by atoms with Crippen molar-refractivity contribution in [2.24, 2.45) is 0 Å². The smallest absolute Gasteiger partial charge is 0.326 e. The highest BCUT2D eigenvalue weighted by Gasteiger charge is 2.29. The second-order valence-corrected chi connectivity index (χ2v) is 14.7. The maximum atomic E-state index is 14.2. The molecule has 0 radical (unpaired) electrons. The predicted molar refractivity (Wildman–Crippen MR) is 180 cm³/mol. The van der Waals surface area contributed by atoms with Crippen molar-refractivity contribution in [2.75, 3.05) is 45.3 Å². The number of nitrogens with one attached hydrogen (secondary N) is 3. The second kappa shape index (κ2) is 14.4. The van der Waals surface area contributed by atoms with Crippen molar-refractivity contribution in [3.05, 3.63) is 103 Å². The molecule has 1 aliphatic heterocycles. The lowest BCUT2D eigenvalue weighted by Crippen LogP contribution is -2.49. The number of amides is 2. The number of anilines is 4. The third kappa shape index (κ3) is 9.88. The van der Waals surface area contributed by atoms with Crippen LogP contribution in [0.25, 0.3) is 0 Å². The van der Waals surface area contributed by atoms with Gasteiger partial charge in [-0.15, -0.1) is 0 Å². The third-order valence-electron chi connectivity index (χ3n) is 7.27. The van der Waals surface area contributed by atoms with Gasteiger partial charge < -0.3 is 10.1 Å². The van der Waals surface area contributed by atoms with Crippen LogP contribution in [0.15, 0.2) is 91.1 Å². The fourth-order valence-electron chi connectivity index (χ4n) is 5.23. The van der Waals surface area contributed by atoms with Crippen LogP contribution in [0.2, 0.25) is 0 Å². The predicted octanol–water partition coefficient (Wildman–Crippen LogP) is 5.46. The summed E-state index contributed by atoms with van der Waals surface area (Å²) in [5.74, 6) is 0.166. The molecule has 15 heteroatoms. The number of pyridine rings is 1. The first kappa shape index (κ1) is 33.6. The average Bonchev–Trinajstić information content (AvgIpc) is 3.01. The minimum Gasteiger partial charge on any atom is -0.439 e. The highest BCUT2D eigenvalue weighted by molar-refractivity contribution is 7.92. The highest BCUT2D eigenvalue weighted by Crippen LogP contribution is 2.28. The average molecular weight is 683 g/mol. The largest absolute Gasteiger partial charge is 0.439 e. The number of carbonyl (C=O) groups excluding carboxylic acids is 1. The quantitative estimate of drug-likeness (QED) is 0.189. The summed E-state index contributed by atoms with van der Waals surface area (Å²) in [5.41, 5.74) is 2.14. The van der Waals surface area contributed by atoms with Gasteiger partial charge in [-0.05, 0) is 73.0 Å². The summed E-state index contributed by atoms with van der Waals surface area (Å²) in [4.78, 5) is 22.0. The van der Waals surface area contributed by atoms with Crippen LogP contribution in [0.3, 0.4) is 0 Å². The number of hydrogen-bond donors (Lipinski definition) is 3. The second-order valence-electron chi connectivity index (χ2n) is 11.2. The normalized spacial score (nSPS) is 14.3. The summed E-state index contributed by atoms with van der Waals surface area (Å²) in [7, 11) is -7.08. The van der Waals surface area contributed by atoms with Crippen LogP contribution in [0.4, 0.5) is 31.9 Å². The van der Waals surface area contributed by atoms with E-state index in [1.807, 2.05) is 36.4 Å². The van der Waals surface area contributed by atoms with Crippen molar-refractivity contribution in [1.29, 1.82) is 0 Å². The number of benzene rings is 3. The zero-order valence-electron chi connectivity index (χ0n) is 25.8. The number of piperidine rings is 1. The van der Waals surface area contributed by atoms with Gasteiger partial charge in [0.25, 0.3) is 0 Å². The van der Waals surface area contributed by atoms with Crippen LogP contribution in [-0.4, -0.2) is 64.4 Å². The number of rotatable bonds is 11. The van der Waals surface area contributed by atoms with E-state index in [9.17, 15) is 26.0 Å². The molecule has 0 spiro atoms. The van der Waals surface area contributed by atoms with Gasteiger partial charge in [0.1, 0.15) is 11.6 Å². The molecule has 47 heavy (non-hydrogen) atoms. The van der Waals surface area contributed by atoms with Gasteiger partial charge >= 0.3 is 6.03 Å². The van der Waals surface area contributed by atoms with Crippen LogP contribution in [0, 0.1) is 5.82 Å². The summed E-state index contributed by atoms with van der Waals surface area (Å²) in [5, 5.41) is 2.80. The number of carbonyl (C=O) groups is 1. The molecule has 0 saturated carbocycles. The molecule has 3 N–H and O–H groups in total. The number of hydrogen-bond acceptors (Lipinski definition) is 8. The Kier molecular flexibility index (Phi) is 10.3. The molecule has 1 fully saturated rings. The van der Waals surface area contributed by atoms with Crippen LogP contribution in [-0.2, 0) is 26.6 Å². The Morgan fingerprint density at radius 2 is 1.55 bits per heavy atom. The molecule has 2 amide bonds. The van der Waals surface area contributed by atoms with Gasteiger partial charge in [-0.25, -0.2) is 31.0 Å². The topological polar surface area (TPSA) is 150 Å². The zero-order valence-corrected chi connectivity index (χ0v) is 27.4. The number of aromatic nitrogens is 1. The standard InChI is InChI=1S/C32H35FN6O6S2/c1-46(41,42)36-24-9-12-28(13-10-24)45-31-15-8-23(21-34-31)22-38-18-16-27(17-19-38)39(26-6-4-3-5-7-26)32(40)35-25-11-14-29(33)30(20-25)37-47(2,43)44/h3-15,20-21,27,36-37H,16-19,22H2,1-2H3,(H,35,40). The van der Waals surface area contributed by atoms with E-state index in [1.54, 1.807) is 41.4 Å². The number of nitrogens with zero attached hydrogens (tertiary/aromatic N) is 3. The Hall–Kier alpha value is -4.73. The minimum absolute atomic E-state index is 0.115. The molecule has 1 aromatic heterocycles. The van der Waals surface area contributed by atoms with E-state index in [0.717, 1.165) is 37.2 Å². The van der Waals surface area contributed by atoms with Crippen LogP contribution < -0.4 is 24.4 Å². The molecule has 4 aromatic rings. The number of para-hydroxylation sites is 1. The fraction of sp³-hybridized carbons (Fsp3) is 0.250. The molecule has 5 rings (SSSR count). The van der Waals surface area contributed by atoms with Crippen LogP contribution >= 0.6 is 0 Å². The zero-order chi connectivity index (χ0) is 33.6. The van der Waals surface area contributed by atoms with E-state index in [0.29, 0.717) is 42.4 Å². The van der Waals surface area contributed by atoms with Crippen molar-refractivity contribution < 1.29 is 30.8 Å². The Labute approximate surface area is 273 Å². The number of halogens is 1. The molecule has 0 atom stereocenters. The van der Waals surface area contributed by atoms with E-state index < -0.39 is 31.9 Å². The monoisotopic (exact) mass is 682 g/mol. The maximum absolute atomic E-state index is 14.2. The molecule has 0 aliphatic carbocycles. The molecule has 12 nitrogen and oxygen atoms in total. The van der Waals surface area contributed by atoms with Gasteiger partial charge in [0.15, 0.2) is 0 Å². The Bertz CT molecular complexity index is 1900. The van der Waals surface area contributed by atoms with Crippen molar-refractivity contribution in [2.45, 2.75) is 25.4 Å². The van der Waals surface area contributed by atoms with Gasteiger partial charge in [0.2, 0.25) is 25.9 Å². The highest BCUT2D eigenvalue weighted by atomic mass is 32.2. The summed E-state index contributed by atoms with van der Waals surface area (Å²) in [6, 6.07) is 22.7. The minimum atomic E-state index is -3.72. The third-order valence-corrected chi connectivity index (χ3v) is 8.47. The van der Waals surface area contributed by atoms with E-state index in [2.05, 4.69) is 24.6 Å². The van der Waals surface area contributed by atoms with Crippen molar-refractivity contribution in [3.63, 3.8) is 0 Å². The summed E-state index contributed by atoms with van der Waals surface area (Å²) < 4.78 is 70.6. The summed E-state index contributed by atoms with van der Waals surface area (Å²) >= 11 is 0. The molecular formula is C32H35FN6O6S2.